The first-order valence-electron chi connectivity index (χ1n) is 8.27. The van der Waals surface area contributed by atoms with Gasteiger partial charge in [-0.25, -0.2) is 9.50 Å². The van der Waals surface area contributed by atoms with Crippen LogP contribution in [0.2, 0.25) is 0 Å². The summed E-state index contributed by atoms with van der Waals surface area (Å²) in [6.07, 6.45) is 6.98. The minimum Gasteiger partial charge on any atom is -0.481 e. The number of ether oxygens (including phenoxy) is 1. The van der Waals surface area contributed by atoms with Gasteiger partial charge >= 0.3 is 0 Å². The van der Waals surface area contributed by atoms with Crippen molar-refractivity contribution < 1.29 is 9.53 Å². The predicted molar refractivity (Wildman–Crippen MR) is 98.4 cm³/mol. The van der Waals surface area contributed by atoms with Crippen LogP contribution in [0.1, 0.15) is 5.56 Å². The zero-order valence-corrected chi connectivity index (χ0v) is 14.8. The van der Waals surface area contributed by atoms with E-state index in [9.17, 15) is 4.79 Å². The van der Waals surface area contributed by atoms with Crippen molar-refractivity contribution in [1.82, 2.24) is 29.4 Å². The molecule has 1 amide bonds. The standard InChI is InChI=1S/C18H17N7O2/c1-12-8-20-24(9-12)11-16(26)22-18-21-15-6-5-13(10-25(15)23-18)14-4-3-7-19-17(14)27-2/h3-10H,11H2,1-2H3,(H,22,23,26). The van der Waals surface area contributed by atoms with E-state index in [1.54, 1.807) is 34.9 Å². The minimum absolute atomic E-state index is 0.0987. The number of nitrogens with zero attached hydrogens (tertiary/aromatic N) is 6. The molecule has 0 aliphatic heterocycles. The van der Waals surface area contributed by atoms with E-state index >= 15 is 0 Å². The van der Waals surface area contributed by atoms with Gasteiger partial charge in [0.25, 0.3) is 0 Å². The summed E-state index contributed by atoms with van der Waals surface area (Å²) in [7, 11) is 1.58. The minimum atomic E-state index is -0.247. The van der Waals surface area contributed by atoms with Crippen molar-refractivity contribution in [3.05, 3.63) is 54.6 Å². The van der Waals surface area contributed by atoms with Crippen LogP contribution in [0.25, 0.3) is 16.8 Å². The summed E-state index contributed by atoms with van der Waals surface area (Å²) in [6.45, 7) is 2.02. The number of carbonyl (C=O) groups excluding carboxylic acids is 1. The van der Waals surface area contributed by atoms with Gasteiger partial charge in [-0.1, -0.05) is 0 Å². The molecule has 136 valence electrons. The molecule has 0 aliphatic rings. The van der Waals surface area contributed by atoms with Crippen molar-refractivity contribution in [3.8, 4) is 17.0 Å². The predicted octanol–water partition coefficient (Wildman–Crippen LogP) is 1.94. The quantitative estimate of drug-likeness (QED) is 0.582. The summed E-state index contributed by atoms with van der Waals surface area (Å²) in [4.78, 5) is 20.7. The molecule has 0 spiro atoms. The number of nitrogens with one attached hydrogen (secondary N) is 1. The Morgan fingerprint density at radius 1 is 1.26 bits per heavy atom. The molecule has 0 aliphatic carbocycles. The maximum Gasteiger partial charge on any atom is 0.249 e. The fourth-order valence-corrected chi connectivity index (χ4v) is 2.73. The highest BCUT2D eigenvalue weighted by atomic mass is 16.5. The van der Waals surface area contributed by atoms with Gasteiger partial charge in [-0.2, -0.15) is 10.1 Å². The van der Waals surface area contributed by atoms with Gasteiger partial charge in [-0.15, -0.1) is 5.10 Å². The number of hydrogen-bond acceptors (Lipinski definition) is 6. The summed E-state index contributed by atoms with van der Waals surface area (Å²) in [5, 5.41) is 11.1. The van der Waals surface area contributed by atoms with Crippen molar-refractivity contribution in [2.24, 2.45) is 0 Å². The highest BCUT2D eigenvalue weighted by Crippen LogP contribution is 2.27. The van der Waals surface area contributed by atoms with E-state index in [4.69, 9.17) is 4.74 Å². The monoisotopic (exact) mass is 363 g/mol. The first-order valence-corrected chi connectivity index (χ1v) is 8.27. The van der Waals surface area contributed by atoms with Crippen LogP contribution in [-0.4, -0.2) is 42.4 Å². The van der Waals surface area contributed by atoms with Crippen LogP contribution in [0.3, 0.4) is 0 Å². The molecule has 4 rings (SSSR count). The van der Waals surface area contributed by atoms with Gasteiger partial charge in [-0.3, -0.25) is 14.8 Å². The van der Waals surface area contributed by atoms with E-state index in [1.807, 2.05) is 37.4 Å². The molecule has 4 aromatic rings. The zero-order valence-electron chi connectivity index (χ0n) is 14.8. The van der Waals surface area contributed by atoms with Crippen LogP contribution in [-0.2, 0) is 11.3 Å². The van der Waals surface area contributed by atoms with Gasteiger partial charge in [-0.05, 0) is 36.8 Å². The molecule has 0 saturated carbocycles. The number of aryl methyl sites for hydroxylation is 1. The van der Waals surface area contributed by atoms with Crippen molar-refractivity contribution >= 4 is 17.5 Å². The Balaban J connectivity index is 1.56. The van der Waals surface area contributed by atoms with E-state index in [2.05, 4.69) is 25.5 Å². The number of carbonyl (C=O) groups is 1. The maximum absolute atomic E-state index is 12.2. The van der Waals surface area contributed by atoms with Crippen LogP contribution in [0.15, 0.2) is 49.1 Å². The number of aromatic nitrogens is 6. The lowest BCUT2D eigenvalue weighted by atomic mass is 10.1. The number of anilines is 1. The Kier molecular flexibility index (Phi) is 4.25. The van der Waals surface area contributed by atoms with E-state index in [0.717, 1.165) is 16.7 Å². The smallest absolute Gasteiger partial charge is 0.249 e. The first-order chi connectivity index (χ1) is 13.1. The molecule has 27 heavy (non-hydrogen) atoms. The Bertz CT molecular complexity index is 1120. The maximum atomic E-state index is 12.2. The van der Waals surface area contributed by atoms with Crippen LogP contribution in [0, 0.1) is 6.92 Å². The van der Waals surface area contributed by atoms with E-state index in [1.165, 1.54) is 0 Å². The van der Waals surface area contributed by atoms with Gasteiger partial charge in [0.15, 0.2) is 5.65 Å². The summed E-state index contributed by atoms with van der Waals surface area (Å²) >= 11 is 0. The Hall–Kier alpha value is -3.75. The lowest BCUT2D eigenvalue weighted by molar-refractivity contribution is -0.116. The lowest BCUT2D eigenvalue weighted by Gasteiger charge is -2.06. The van der Waals surface area contributed by atoms with Crippen LogP contribution in [0.5, 0.6) is 5.88 Å². The molecule has 0 aromatic carbocycles. The van der Waals surface area contributed by atoms with Crippen LogP contribution < -0.4 is 10.1 Å². The Labute approximate surface area is 154 Å². The highest BCUT2D eigenvalue weighted by molar-refractivity contribution is 5.88. The van der Waals surface area contributed by atoms with E-state index < -0.39 is 0 Å². The van der Waals surface area contributed by atoms with Gasteiger partial charge < -0.3 is 4.74 Å². The average molecular weight is 363 g/mol. The second-order valence-electron chi connectivity index (χ2n) is 5.98. The number of methoxy groups -OCH3 is 1. The number of hydrogen-bond donors (Lipinski definition) is 1. The van der Waals surface area contributed by atoms with E-state index in [0.29, 0.717) is 11.5 Å². The average Bonchev–Trinajstić information content (AvgIpc) is 3.25. The Morgan fingerprint density at radius 3 is 2.93 bits per heavy atom. The Morgan fingerprint density at radius 2 is 2.15 bits per heavy atom. The topological polar surface area (TPSA) is 99.2 Å². The van der Waals surface area contributed by atoms with Crippen molar-refractivity contribution in [2.75, 3.05) is 12.4 Å². The third kappa shape index (κ3) is 3.47. The zero-order chi connectivity index (χ0) is 18.8. The fraction of sp³-hybridized carbons (Fsp3) is 0.167. The molecule has 0 radical (unpaired) electrons. The molecule has 0 unspecified atom stereocenters. The SMILES string of the molecule is COc1ncccc1-c1ccc2nc(NC(=O)Cn3cc(C)cn3)nn2c1. The van der Waals surface area contributed by atoms with E-state index in [-0.39, 0.29) is 18.4 Å². The number of amides is 1. The second kappa shape index (κ2) is 6.87. The number of rotatable bonds is 5. The summed E-state index contributed by atoms with van der Waals surface area (Å²) < 4.78 is 8.48. The fourth-order valence-electron chi connectivity index (χ4n) is 2.73. The molecule has 9 heteroatoms. The molecule has 1 N–H and O–H groups in total. The highest BCUT2D eigenvalue weighted by Gasteiger charge is 2.11. The van der Waals surface area contributed by atoms with Crippen LogP contribution in [0.4, 0.5) is 5.95 Å². The molecule has 0 atom stereocenters. The summed E-state index contributed by atoms with van der Waals surface area (Å²) in [5.74, 6) is 0.516. The molecule has 0 fully saturated rings. The molecule has 0 bridgehead atoms. The van der Waals surface area contributed by atoms with Crippen LogP contribution >= 0.6 is 0 Å². The number of fused-ring (bicyclic) bond motifs is 1. The molecule has 0 saturated heterocycles. The van der Waals surface area contributed by atoms with Crippen molar-refractivity contribution in [1.29, 1.82) is 0 Å². The van der Waals surface area contributed by atoms with Gasteiger partial charge in [0.2, 0.25) is 17.7 Å². The van der Waals surface area contributed by atoms with Crippen molar-refractivity contribution in [3.63, 3.8) is 0 Å². The third-order valence-corrected chi connectivity index (χ3v) is 3.93. The molecular formula is C18H17N7O2. The molecule has 4 heterocycles. The second-order valence-corrected chi connectivity index (χ2v) is 5.98. The normalized spacial score (nSPS) is 10.9. The molecule has 4 aromatic heterocycles. The number of pyridine rings is 2. The largest absolute Gasteiger partial charge is 0.481 e. The van der Waals surface area contributed by atoms with Gasteiger partial charge in [0, 0.05) is 29.7 Å². The van der Waals surface area contributed by atoms with Crippen molar-refractivity contribution in [2.45, 2.75) is 13.5 Å². The third-order valence-electron chi connectivity index (χ3n) is 3.93. The van der Waals surface area contributed by atoms with Gasteiger partial charge in [0.1, 0.15) is 6.54 Å². The summed E-state index contributed by atoms with van der Waals surface area (Å²) in [5.41, 5.74) is 3.33. The lowest BCUT2D eigenvalue weighted by Crippen LogP contribution is -2.19. The molecular weight excluding hydrogens is 346 g/mol. The van der Waals surface area contributed by atoms with Gasteiger partial charge in [0.05, 0.1) is 13.3 Å². The first kappa shape index (κ1) is 16.7. The summed E-state index contributed by atoms with van der Waals surface area (Å²) in [6, 6.07) is 7.48. The molecule has 9 nitrogen and oxygen atoms in total.